The first kappa shape index (κ1) is 22.1. The maximum absolute atomic E-state index is 12.8. The molecule has 170 valence electrons. The highest BCUT2D eigenvalue weighted by Gasteiger charge is 2.28. The maximum atomic E-state index is 12.8. The standard InChI is InChI=1S/C24H31N5O3/c1-32-21-7-3-2-6-20(21)26-24(31)19-9-12-27(13-10-19)18-23(30)29-16-14-28(15-17-29)22-8-4-5-11-25-22/h2-8,11,19H,9-10,12-18H2,1H3,(H,26,31). The number of aromatic nitrogens is 1. The highest BCUT2D eigenvalue weighted by Crippen LogP contribution is 2.26. The maximum Gasteiger partial charge on any atom is 0.236 e. The van der Waals surface area contributed by atoms with Gasteiger partial charge in [0.25, 0.3) is 0 Å². The van der Waals surface area contributed by atoms with Crippen LogP contribution < -0.4 is 15.0 Å². The van der Waals surface area contributed by atoms with Gasteiger partial charge in [-0.2, -0.15) is 0 Å². The van der Waals surface area contributed by atoms with Crippen molar-refractivity contribution in [2.45, 2.75) is 12.8 Å². The van der Waals surface area contributed by atoms with E-state index in [2.05, 4.69) is 20.1 Å². The summed E-state index contributed by atoms with van der Waals surface area (Å²) in [5, 5.41) is 2.99. The van der Waals surface area contributed by atoms with E-state index in [0.29, 0.717) is 31.1 Å². The van der Waals surface area contributed by atoms with Crippen LogP contribution in [0, 0.1) is 5.92 Å². The summed E-state index contributed by atoms with van der Waals surface area (Å²) < 4.78 is 5.31. The van der Waals surface area contributed by atoms with E-state index in [4.69, 9.17) is 4.74 Å². The van der Waals surface area contributed by atoms with E-state index in [1.54, 1.807) is 13.3 Å². The van der Waals surface area contributed by atoms with Crippen LogP contribution in [-0.4, -0.2) is 79.5 Å². The molecule has 1 aromatic carbocycles. The molecule has 0 bridgehead atoms. The van der Waals surface area contributed by atoms with Crippen molar-refractivity contribution < 1.29 is 14.3 Å². The lowest BCUT2D eigenvalue weighted by molar-refractivity contribution is -0.133. The Kier molecular flexibility index (Phi) is 7.21. The molecule has 2 fully saturated rings. The monoisotopic (exact) mass is 437 g/mol. The first-order valence-corrected chi connectivity index (χ1v) is 11.2. The van der Waals surface area contributed by atoms with Gasteiger partial charge < -0.3 is 19.9 Å². The highest BCUT2D eigenvalue weighted by molar-refractivity contribution is 5.94. The molecule has 1 N–H and O–H groups in total. The molecule has 0 aliphatic carbocycles. The van der Waals surface area contributed by atoms with Gasteiger partial charge in [0.2, 0.25) is 11.8 Å². The molecule has 8 nitrogen and oxygen atoms in total. The minimum absolute atomic E-state index is 0.0196. The SMILES string of the molecule is COc1ccccc1NC(=O)C1CCN(CC(=O)N2CCN(c3ccccn3)CC2)CC1. The number of nitrogens with zero attached hydrogens (tertiary/aromatic N) is 4. The van der Waals surface area contributed by atoms with Crippen molar-refractivity contribution in [3.05, 3.63) is 48.7 Å². The molecule has 0 radical (unpaired) electrons. The Morgan fingerprint density at radius 1 is 1.00 bits per heavy atom. The predicted octanol–water partition coefficient (Wildman–Crippen LogP) is 2.09. The number of nitrogens with one attached hydrogen (secondary N) is 1. The number of amides is 2. The Balaban J connectivity index is 1.20. The molecule has 0 saturated carbocycles. The number of likely N-dealkylation sites (tertiary alicyclic amines) is 1. The molecular weight excluding hydrogens is 406 g/mol. The van der Waals surface area contributed by atoms with Crippen LogP contribution in [0.2, 0.25) is 0 Å². The van der Waals surface area contributed by atoms with Crippen molar-refractivity contribution in [2.75, 3.05) is 63.1 Å². The third-order valence-corrected chi connectivity index (χ3v) is 6.29. The van der Waals surface area contributed by atoms with Gasteiger partial charge in [-0.1, -0.05) is 18.2 Å². The summed E-state index contributed by atoms with van der Waals surface area (Å²) in [5.74, 6) is 1.77. The zero-order valence-corrected chi connectivity index (χ0v) is 18.6. The Morgan fingerprint density at radius 3 is 2.41 bits per heavy atom. The fraction of sp³-hybridized carbons (Fsp3) is 0.458. The van der Waals surface area contributed by atoms with Crippen LogP contribution in [0.3, 0.4) is 0 Å². The van der Waals surface area contributed by atoms with Crippen LogP contribution in [0.1, 0.15) is 12.8 Å². The van der Waals surface area contributed by atoms with Crippen molar-refractivity contribution in [1.82, 2.24) is 14.8 Å². The van der Waals surface area contributed by atoms with Gasteiger partial charge in [0.05, 0.1) is 19.3 Å². The number of benzene rings is 1. The summed E-state index contributed by atoms with van der Waals surface area (Å²) in [5.41, 5.74) is 0.697. The van der Waals surface area contributed by atoms with Gasteiger partial charge in [-0.05, 0) is 50.2 Å². The topological polar surface area (TPSA) is 78.0 Å². The molecule has 4 rings (SSSR count). The second-order valence-electron chi connectivity index (χ2n) is 8.30. The smallest absolute Gasteiger partial charge is 0.236 e. The summed E-state index contributed by atoms with van der Waals surface area (Å²) in [6, 6.07) is 13.3. The number of anilines is 2. The molecule has 0 spiro atoms. The average Bonchev–Trinajstić information content (AvgIpc) is 2.85. The molecule has 2 aliphatic heterocycles. The summed E-state index contributed by atoms with van der Waals surface area (Å²) in [6.45, 7) is 4.96. The van der Waals surface area contributed by atoms with E-state index in [1.165, 1.54) is 0 Å². The Labute approximate surface area is 189 Å². The first-order chi connectivity index (χ1) is 15.6. The van der Waals surface area contributed by atoms with Crippen molar-refractivity contribution >= 4 is 23.3 Å². The second kappa shape index (κ2) is 10.5. The van der Waals surface area contributed by atoms with Gasteiger partial charge >= 0.3 is 0 Å². The number of hydrogen-bond donors (Lipinski definition) is 1. The Morgan fingerprint density at radius 2 is 1.72 bits per heavy atom. The molecule has 8 heteroatoms. The number of piperidine rings is 1. The number of piperazine rings is 1. The molecule has 2 amide bonds. The van der Waals surface area contributed by atoms with Crippen molar-refractivity contribution in [3.63, 3.8) is 0 Å². The van der Waals surface area contributed by atoms with Gasteiger partial charge in [0.1, 0.15) is 11.6 Å². The Bertz CT molecular complexity index is 907. The number of carbonyl (C=O) groups is 2. The molecule has 32 heavy (non-hydrogen) atoms. The van der Waals surface area contributed by atoms with Gasteiger partial charge in [-0.25, -0.2) is 4.98 Å². The molecule has 2 aliphatic rings. The van der Waals surface area contributed by atoms with E-state index in [1.807, 2.05) is 47.4 Å². The van der Waals surface area contributed by atoms with Crippen LogP contribution in [0.25, 0.3) is 0 Å². The Hall–Kier alpha value is -3.13. The predicted molar refractivity (Wildman–Crippen MR) is 124 cm³/mol. The number of hydrogen-bond acceptors (Lipinski definition) is 6. The van der Waals surface area contributed by atoms with E-state index in [9.17, 15) is 9.59 Å². The van der Waals surface area contributed by atoms with E-state index < -0.39 is 0 Å². The zero-order chi connectivity index (χ0) is 22.3. The molecule has 1 aromatic heterocycles. The van der Waals surface area contributed by atoms with Crippen LogP contribution in [-0.2, 0) is 9.59 Å². The minimum atomic E-state index is -0.0480. The number of rotatable bonds is 6. The first-order valence-electron chi connectivity index (χ1n) is 11.2. The number of pyridine rings is 1. The third kappa shape index (κ3) is 5.37. The molecule has 3 heterocycles. The van der Waals surface area contributed by atoms with E-state index in [-0.39, 0.29) is 17.7 Å². The normalized spacial score (nSPS) is 17.8. The minimum Gasteiger partial charge on any atom is -0.495 e. The number of methoxy groups -OCH3 is 1. The van der Waals surface area contributed by atoms with Gasteiger partial charge in [0, 0.05) is 38.3 Å². The summed E-state index contributed by atoms with van der Waals surface area (Å²) in [7, 11) is 1.60. The molecule has 0 unspecified atom stereocenters. The summed E-state index contributed by atoms with van der Waals surface area (Å²) >= 11 is 0. The average molecular weight is 438 g/mol. The molecule has 0 atom stereocenters. The molecule has 2 saturated heterocycles. The van der Waals surface area contributed by atoms with Crippen molar-refractivity contribution in [2.24, 2.45) is 5.92 Å². The van der Waals surface area contributed by atoms with Gasteiger partial charge in [-0.3, -0.25) is 14.5 Å². The summed E-state index contributed by atoms with van der Waals surface area (Å²) in [6.07, 6.45) is 3.30. The van der Waals surface area contributed by atoms with Gasteiger partial charge in [0.15, 0.2) is 0 Å². The largest absolute Gasteiger partial charge is 0.495 e. The lowest BCUT2D eigenvalue weighted by Gasteiger charge is -2.37. The lowest BCUT2D eigenvalue weighted by atomic mass is 9.95. The van der Waals surface area contributed by atoms with Crippen molar-refractivity contribution in [3.8, 4) is 5.75 Å². The molecular formula is C24H31N5O3. The number of carbonyl (C=O) groups excluding carboxylic acids is 2. The number of para-hydroxylation sites is 2. The van der Waals surface area contributed by atoms with Crippen LogP contribution in [0.15, 0.2) is 48.7 Å². The van der Waals surface area contributed by atoms with Crippen LogP contribution >= 0.6 is 0 Å². The number of ether oxygens (including phenoxy) is 1. The molecule has 2 aromatic rings. The van der Waals surface area contributed by atoms with E-state index in [0.717, 1.165) is 44.8 Å². The second-order valence-corrected chi connectivity index (χ2v) is 8.30. The van der Waals surface area contributed by atoms with Crippen LogP contribution in [0.4, 0.5) is 11.5 Å². The van der Waals surface area contributed by atoms with Crippen LogP contribution in [0.5, 0.6) is 5.75 Å². The van der Waals surface area contributed by atoms with Crippen molar-refractivity contribution in [1.29, 1.82) is 0 Å². The lowest BCUT2D eigenvalue weighted by Crippen LogP contribution is -2.52. The fourth-order valence-corrected chi connectivity index (χ4v) is 4.35. The quantitative estimate of drug-likeness (QED) is 0.746. The summed E-state index contributed by atoms with van der Waals surface area (Å²) in [4.78, 5) is 36.2. The third-order valence-electron chi connectivity index (χ3n) is 6.29. The zero-order valence-electron chi connectivity index (χ0n) is 18.6. The van der Waals surface area contributed by atoms with E-state index >= 15 is 0 Å². The fourth-order valence-electron chi connectivity index (χ4n) is 4.35. The van der Waals surface area contributed by atoms with Gasteiger partial charge in [-0.15, -0.1) is 0 Å². The highest BCUT2D eigenvalue weighted by atomic mass is 16.5.